The van der Waals surface area contributed by atoms with Crippen LogP contribution in [-0.2, 0) is 0 Å². The minimum atomic E-state index is -0.401. The van der Waals surface area contributed by atoms with Crippen molar-refractivity contribution in [2.24, 2.45) is 0 Å². The second kappa shape index (κ2) is 5.61. The van der Waals surface area contributed by atoms with E-state index >= 15 is 0 Å². The molecule has 2 aromatic carbocycles. The number of nitrogens with zero attached hydrogens (tertiary/aromatic N) is 1. The molecule has 0 saturated heterocycles. The summed E-state index contributed by atoms with van der Waals surface area (Å²) in [5.74, 6) is 1.37. The Morgan fingerprint density at radius 3 is 2.25 bits per heavy atom. The van der Waals surface area contributed by atoms with Crippen LogP contribution in [0.5, 0.6) is 11.5 Å². The molecule has 0 saturated carbocycles. The Hall–Kier alpha value is -2.56. The second-order valence-electron chi connectivity index (χ2n) is 4.32. The summed E-state index contributed by atoms with van der Waals surface area (Å²) in [6.45, 7) is 1.84. The van der Waals surface area contributed by atoms with E-state index in [4.69, 9.17) is 9.47 Å². The number of ether oxygens (including phenoxy) is 2. The molecule has 0 aliphatic carbocycles. The lowest BCUT2D eigenvalue weighted by Crippen LogP contribution is -1.93. The lowest BCUT2D eigenvalue weighted by molar-refractivity contribution is -0.384. The summed E-state index contributed by atoms with van der Waals surface area (Å²) in [6.07, 6.45) is 0. The van der Waals surface area contributed by atoms with Gasteiger partial charge in [0.15, 0.2) is 0 Å². The highest BCUT2D eigenvalue weighted by Gasteiger charge is 2.13. The third-order valence-corrected chi connectivity index (χ3v) is 3.12. The molecule has 0 heterocycles. The van der Waals surface area contributed by atoms with Crippen LogP contribution in [0.2, 0.25) is 0 Å². The lowest BCUT2D eigenvalue weighted by atomic mass is 9.99. The van der Waals surface area contributed by atoms with Crippen molar-refractivity contribution in [3.63, 3.8) is 0 Å². The summed E-state index contributed by atoms with van der Waals surface area (Å²) < 4.78 is 10.5. The smallest absolute Gasteiger partial charge is 0.269 e. The Morgan fingerprint density at radius 1 is 1.00 bits per heavy atom. The summed E-state index contributed by atoms with van der Waals surface area (Å²) in [4.78, 5) is 10.4. The van der Waals surface area contributed by atoms with Gasteiger partial charge in [-0.2, -0.15) is 0 Å². The highest BCUT2D eigenvalue weighted by Crippen LogP contribution is 2.36. The number of methoxy groups -OCH3 is 2. The van der Waals surface area contributed by atoms with Crippen LogP contribution < -0.4 is 9.47 Å². The molecule has 0 unspecified atom stereocenters. The zero-order chi connectivity index (χ0) is 14.7. The molecule has 0 atom stereocenters. The number of nitro benzene ring substituents is 1. The Labute approximate surface area is 116 Å². The fraction of sp³-hybridized carbons (Fsp3) is 0.200. The number of hydrogen-bond donors (Lipinski definition) is 0. The molecule has 2 rings (SSSR count). The molecular weight excluding hydrogens is 258 g/mol. The van der Waals surface area contributed by atoms with Crippen LogP contribution >= 0.6 is 0 Å². The molecule has 0 aliphatic rings. The molecule has 5 heteroatoms. The molecule has 0 aliphatic heterocycles. The number of aryl methyl sites for hydroxylation is 1. The SMILES string of the molecule is COc1ccc(-c2ccc([N+](=O)[O-])cc2C)c(OC)c1. The van der Waals surface area contributed by atoms with E-state index in [2.05, 4.69) is 0 Å². The minimum Gasteiger partial charge on any atom is -0.497 e. The van der Waals surface area contributed by atoms with Gasteiger partial charge in [-0.05, 0) is 36.2 Å². The number of rotatable bonds is 4. The average Bonchev–Trinajstić information content (AvgIpc) is 2.46. The fourth-order valence-corrected chi connectivity index (χ4v) is 2.08. The molecule has 5 nitrogen and oxygen atoms in total. The van der Waals surface area contributed by atoms with Gasteiger partial charge in [0.05, 0.1) is 19.1 Å². The molecule has 2 aromatic rings. The van der Waals surface area contributed by atoms with Crippen molar-refractivity contribution in [3.8, 4) is 22.6 Å². The molecule has 0 bridgehead atoms. The van der Waals surface area contributed by atoms with Crippen LogP contribution in [0.15, 0.2) is 36.4 Å². The van der Waals surface area contributed by atoms with Crippen molar-refractivity contribution >= 4 is 5.69 Å². The van der Waals surface area contributed by atoms with E-state index in [0.717, 1.165) is 16.7 Å². The van der Waals surface area contributed by atoms with Gasteiger partial charge < -0.3 is 9.47 Å². The van der Waals surface area contributed by atoms with Crippen LogP contribution in [-0.4, -0.2) is 19.1 Å². The Morgan fingerprint density at radius 2 is 1.70 bits per heavy atom. The summed E-state index contributed by atoms with van der Waals surface area (Å²) in [5.41, 5.74) is 2.68. The van der Waals surface area contributed by atoms with Gasteiger partial charge in [0.25, 0.3) is 5.69 Å². The standard InChI is InChI=1S/C15H15NO4/c1-10-8-11(16(17)18)4-6-13(10)14-7-5-12(19-2)9-15(14)20-3/h4-9H,1-3H3. The van der Waals surface area contributed by atoms with Gasteiger partial charge in [-0.1, -0.05) is 0 Å². The molecule has 20 heavy (non-hydrogen) atoms. The van der Waals surface area contributed by atoms with Gasteiger partial charge in [0, 0.05) is 23.8 Å². The lowest BCUT2D eigenvalue weighted by Gasteiger charge is -2.12. The molecule has 0 radical (unpaired) electrons. The molecule has 0 spiro atoms. The van der Waals surface area contributed by atoms with Crippen molar-refractivity contribution in [1.82, 2.24) is 0 Å². The predicted molar refractivity (Wildman–Crippen MR) is 76.4 cm³/mol. The maximum Gasteiger partial charge on any atom is 0.269 e. The maximum atomic E-state index is 10.8. The third-order valence-electron chi connectivity index (χ3n) is 3.12. The van der Waals surface area contributed by atoms with E-state index in [1.165, 1.54) is 6.07 Å². The van der Waals surface area contributed by atoms with E-state index < -0.39 is 4.92 Å². The number of nitro groups is 1. The summed E-state index contributed by atoms with van der Waals surface area (Å²) >= 11 is 0. The molecule has 0 amide bonds. The van der Waals surface area contributed by atoms with E-state index in [9.17, 15) is 10.1 Å². The van der Waals surface area contributed by atoms with E-state index in [-0.39, 0.29) is 5.69 Å². The van der Waals surface area contributed by atoms with Crippen molar-refractivity contribution in [2.45, 2.75) is 6.92 Å². The first-order valence-corrected chi connectivity index (χ1v) is 6.04. The highest BCUT2D eigenvalue weighted by molar-refractivity contribution is 5.75. The first-order chi connectivity index (χ1) is 9.56. The number of non-ortho nitro benzene ring substituents is 1. The Kier molecular flexibility index (Phi) is 3.89. The first kappa shape index (κ1) is 13.9. The van der Waals surface area contributed by atoms with E-state index in [1.54, 1.807) is 32.4 Å². The van der Waals surface area contributed by atoms with Crippen LogP contribution in [0.3, 0.4) is 0 Å². The van der Waals surface area contributed by atoms with Gasteiger partial charge in [0.1, 0.15) is 11.5 Å². The fourth-order valence-electron chi connectivity index (χ4n) is 2.08. The van der Waals surface area contributed by atoms with Crippen molar-refractivity contribution in [1.29, 1.82) is 0 Å². The molecule has 0 fully saturated rings. The van der Waals surface area contributed by atoms with Crippen LogP contribution in [0.1, 0.15) is 5.56 Å². The summed E-state index contributed by atoms with van der Waals surface area (Å²) in [5, 5.41) is 10.8. The third kappa shape index (κ3) is 2.56. The summed E-state index contributed by atoms with van der Waals surface area (Å²) in [6, 6.07) is 10.3. The molecule has 104 valence electrons. The van der Waals surface area contributed by atoms with Gasteiger partial charge in [-0.3, -0.25) is 10.1 Å². The van der Waals surface area contributed by atoms with Gasteiger partial charge >= 0.3 is 0 Å². The van der Waals surface area contributed by atoms with E-state index in [1.807, 2.05) is 19.1 Å². The van der Waals surface area contributed by atoms with Crippen molar-refractivity contribution in [3.05, 3.63) is 52.1 Å². The van der Waals surface area contributed by atoms with Crippen molar-refractivity contribution < 1.29 is 14.4 Å². The number of hydrogen-bond acceptors (Lipinski definition) is 4. The zero-order valence-corrected chi connectivity index (χ0v) is 11.5. The topological polar surface area (TPSA) is 61.6 Å². The normalized spacial score (nSPS) is 10.2. The Balaban J connectivity index is 2.53. The number of benzene rings is 2. The molecule has 0 N–H and O–H groups in total. The van der Waals surface area contributed by atoms with Gasteiger partial charge in [0.2, 0.25) is 0 Å². The largest absolute Gasteiger partial charge is 0.497 e. The van der Waals surface area contributed by atoms with Crippen LogP contribution in [0.4, 0.5) is 5.69 Å². The highest BCUT2D eigenvalue weighted by atomic mass is 16.6. The van der Waals surface area contributed by atoms with E-state index in [0.29, 0.717) is 11.5 Å². The minimum absolute atomic E-state index is 0.0822. The van der Waals surface area contributed by atoms with Gasteiger partial charge in [-0.25, -0.2) is 0 Å². The zero-order valence-electron chi connectivity index (χ0n) is 11.5. The van der Waals surface area contributed by atoms with Crippen LogP contribution in [0.25, 0.3) is 11.1 Å². The summed E-state index contributed by atoms with van der Waals surface area (Å²) in [7, 11) is 3.17. The maximum absolute atomic E-state index is 10.8. The first-order valence-electron chi connectivity index (χ1n) is 6.04. The Bertz CT molecular complexity index is 652. The quantitative estimate of drug-likeness (QED) is 0.631. The van der Waals surface area contributed by atoms with Gasteiger partial charge in [-0.15, -0.1) is 0 Å². The predicted octanol–water partition coefficient (Wildman–Crippen LogP) is 3.59. The van der Waals surface area contributed by atoms with Crippen LogP contribution in [0, 0.1) is 17.0 Å². The van der Waals surface area contributed by atoms with Crippen molar-refractivity contribution in [2.75, 3.05) is 14.2 Å². The molecular formula is C15H15NO4. The second-order valence-corrected chi connectivity index (χ2v) is 4.32. The monoisotopic (exact) mass is 273 g/mol. The average molecular weight is 273 g/mol. The molecule has 0 aromatic heterocycles.